The largest absolute Gasteiger partial charge is 0.494 e. The normalized spacial score (nSPS) is 12.4. The summed E-state index contributed by atoms with van der Waals surface area (Å²) in [6.45, 7) is 0. The molecule has 0 aliphatic rings. The second-order valence-electron chi connectivity index (χ2n) is 4.20. The zero-order valence-corrected chi connectivity index (χ0v) is 10.8. The number of aromatic nitrogens is 3. The zero-order valence-electron chi connectivity index (χ0n) is 10.8. The second kappa shape index (κ2) is 5.77. The summed E-state index contributed by atoms with van der Waals surface area (Å²) in [6.07, 6.45) is 2.37. The third-order valence-corrected chi connectivity index (χ3v) is 2.84. The molecule has 0 saturated heterocycles. The van der Waals surface area contributed by atoms with Crippen LogP contribution in [0.15, 0.2) is 24.4 Å². The van der Waals surface area contributed by atoms with E-state index in [0.29, 0.717) is 6.42 Å². The summed E-state index contributed by atoms with van der Waals surface area (Å²) in [4.78, 5) is 0. The van der Waals surface area contributed by atoms with E-state index in [9.17, 15) is 4.39 Å². The van der Waals surface area contributed by atoms with Gasteiger partial charge in [-0.3, -0.25) is 16.0 Å². The van der Waals surface area contributed by atoms with E-state index >= 15 is 0 Å². The Bertz CT molecular complexity index is 557. The third kappa shape index (κ3) is 3.07. The molecule has 3 N–H and O–H groups in total. The number of nitrogens with zero attached hydrogens (tertiary/aromatic N) is 3. The van der Waals surface area contributed by atoms with Gasteiger partial charge in [-0.05, 0) is 17.7 Å². The third-order valence-electron chi connectivity index (χ3n) is 2.84. The monoisotopic (exact) mass is 265 g/mol. The Kier molecular flexibility index (Phi) is 4.08. The van der Waals surface area contributed by atoms with Gasteiger partial charge in [-0.1, -0.05) is 11.3 Å². The van der Waals surface area contributed by atoms with Gasteiger partial charge in [0.05, 0.1) is 18.8 Å². The minimum absolute atomic E-state index is 0.189. The molecule has 6 nitrogen and oxygen atoms in total. The van der Waals surface area contributed by atoms with Gasteiger partial charge < -0.3 is 4.74 Å². The van der Waals surface area contributed by atoms with Crippen molar-refractivity contribution in [3.63, 3.8) is 0 Å². The van der Waals surface area contributed by atoms with Gasteiger partial charge in [0.25, 0.3) is 0 Å². The molecule has 1 aromatic heterocycles. The molecule has 0 saturated carbocycles. The summed E-state index contributed by atoms with van der Waals surface area (Å²) >= 11 is 0. The average Bonchev–Trinajstić information content (AvgIpc) is 2.82. The molecule has 0 amide bonds. The highest BCUT2D eigenvalue weighted by Crippen LogP contribution is 2.24. The van der Waals surface area contributed by atoms with E-state index in [4.69, 9.17) is 10.6 Å². The summed E-state index contributed by atoms with van der Waals surface area (Å²) < 4.78 is 19.9. The molecule has 0 bridgehead atoms. The molecule has 102 valence electrons. The van der Waals surface area contributed by atoms with E-state index < -0.39 is 5.82 Å². The van der Waals surface area contributed by atoms with E-state index in [-0.39, 0.29) is 11.8 Å². The fourth-order valence-corrected chi connectivity index (χ4v) is 1.86. The van der Waals surface area contributed by atoms with Crippen LogP contribution in [0.25, 0.3) is 0 Å². The van der Waals surface area contributed by atoms with Gasteiger partial charge in [-0.25, -0.2) is 4.39 Å². The van der Waals surface area contributed by atoms with Gasteiger partial charge in [0, 0.05) is 19.7 Å². The van der Waals surface area contributed by atoms with Crippen molar-refractivity contribution in [2.45, 2.75) is 12.5 Å². The average molecular weight is 265 g/mol. The Labute approximate surface area is 110 Å². The lowest BCUT2D eigenvalue weighted by atomic mass is 10.0. The van der Waals surface area contributed by atoms with E-state index in [1.165, 1.54) is 13.2 Å². The lowest BCUT2D eigenvalue weighted by Gasteiger charge is -2.16. The predicted octanol–water partition coefficient (Wildman–Crippen LogP) is 0.710. The first-order valence-corrected chi connectivity index (χ1v) is 5.78. The minimum Gasteiger partial charge on any atom is -0.494 e. The Morgan fingerprint density at radius 3 is 2.89 bits per heavy atom. The van der Waals surface area contributed by atoms with Crippen LogP contribution in [0.1, 0.15) is 17.3 Å². The van der Waals surface area contributed by atoms with Gasteiger partial charge >= 0.3 is 0 Å². The van der Waals surface area contributed by atoms with E-state index in [1.807, 2.05) is 6.20 Å². The highest BCUT2D eigenvalue weighted by atomic mass is 19.1. The molecule has 0 aliphatic heterocycles. The van der Waals surface area contributed by atoms with Crippen LogP contribution in [0.5, 0.6) is 5.75 Å². The smallest absolute Gasteiger partial charge is 0.165 e. The topological polar surface area (TPSA) is 78.0 Å². The van der Waals surface area contributed by atoms with Crippen molar-refractivity contribution in [1.82, 2.24) is 20.4 Å². The number of ether oxygens (including phenoxy) is 1. The molecule has 7 heteroatoms. The van der Waals surface area contributed by atoms with Crippen molar-refractivity contribution in [2.75, 3.05) is 7.11 Å². The van der Waals surface area contributed by atoms with Crippen molar-refractivity contribution < 1.29 is 9.13 Å². The molecule has 0 aliphatic carbocycles. The SMILES string of the molecule is COc1cc(C(Cc2cn(C)nn2)NN)ccc1F. The summed E-state index contributed by atoms with van der Waals surface area (Å²) in [5, 5.41) is 7.86. The molecule has 2 rings (SSSR count). The van der Waals surface area contributed by atoms with E-state index in [1.54, 1.807) is 23.9 Å². The first-order valence-electron chi connectivity index (χ1n) is 5.78. The highest BCUT2D eigenvalue weighted by molar-refractivity contribution is 5.32. The number of halogens is 1. The molecule has 2 aromatic rings. The van der Waals surface area contributed by atoms with Gasteiger partial charge in [0.2, 0.25) is 0 Å². The van der Waals surface area contributed by atoms with Crippen molar-refractivity contribution >= 4 is 0 Å². The molecule has 1 heterocycles. The van der Waals surface area contributed by atoms with Crippen LogP contribution in [0.3, 0.4) is 0 Å². The number of rotatable bonds is 5. The first kappa shape index (κ1) is 13.4. The molecule has 0 radical (unpaired) electrons. The number of methoxy groups -OCH3 is 1. The summed E-state index contributed by atoms with van der Waals surface area (Å²) in [5.41, 5.74) is 4.32. The number of hydrazine groups is 1. The predicted molar refractivity (Wildman–Crippen MR) is 67.7 cm³/mol. The standard InChI is InChI=1S/C12H16FN5O/c1-18-7-9(16-17-18)6-11(15-14)8-3-4-10(13)12(5-8)19-2/h3-5,7,11,15H,6,14H2,1-2H3. The summed E-state index contributed by atoms with van der Waals surface area (Å²) in [7, 11) is 3.22. The number of nitrogens with one attached hydrogen (secondary N) is 1. The Hall–Kier alpha value is -1.99. The van der Waals surface area contributed by atoms with Crippen LogP contribution in [0.4, 0.5) is 4.39 Å². The van der Waals surface area contributed by atoms with Crippen LogP contribution in [0.2, 0.25) is 0 Å². The summed E-state index contributed by atoms with van der Waals surface area (Å²) in [5.74, 6) is 5.34. The van der Waals surface area contributed by atoms with Gasteiger partial charge in [-0.2, -0.15) is 0 Å². The van der Waals surface area contributed by atoms with E-state index in [2.05, 4.69) is 15.7 Å². The van der Waals surface area contributed by atoms with Crippen molar-refractivity contribution in [3.05, 3.63) is 41.5 Å². The first-order chi connectivity index (χ1) is 9.13. The van der Waals surface area contributed by atoms with Gasteiger partial charge in [0.1, 0.15) is 0 Å². The maximum absolute atomic E-state index is 13.4. The molecule has 1 unspecified atom stereocenters. The van der Waals surface area contributed by atoms with Crippen molar-refractivity contribution in [1.29, 1.82) is 0 Å². The molecular weight excluding hydrogens is 249 g/mol. The highest BCUT2D eigenvalue weighted by Gasteiger charge is 2.15. The van der Waals surface area contributed by atoms with Crippen LogP contribution in [-0.2, 0) is 13.5 Å². The lowest BCUT2D eigenvalue weighted by Crippen LogP contribution is -2.29. The Morgan fingerprint density at radius 1 is 1.53 bits per heavy atom. The van der Waals surface area contributed by atoms with E-state index in [0.717, 1.165) is 11.3 Å². The maximum atomic E-state index is 13.4. The van der Waals surface area contributed by atoms with Crippen molar-refractivity contribution in [3.8, 4) is 5.75 Å². The fourth-order valence-electron chi connectivity index (χ4n) is 1.86. The second-order valence-corrected chi connectivity index (χ2v) is 4.20. The molecule has 1 aromatic carbocycles. The summed E-state index contributed by atoms with van der Waals surface area (Å²) in [6, 6.07) is 4.45. The Morgan fingerprint density at radius 2 is 2.32 bits per heavy atom. The maximum Gasteiger partial charge on any atom is 0.165 e. The zero-order chi connectivity index (χ0) is 13.8. The molecule has 1 atom stereocenters. The van der Waals surface area contributed by atoms with Crippen molar-refractivity contribution in [2.24, 2.45) is 12.9 Å². The van der Waals surface area contributed by atoms with Crippen LogP contribution in [0, 0.1) is 5.82 Å². The fraction of sp³-hybridized carbons (Fsp3) is 0.333. The quantitative estimate of drug-likeness (QED) is 0.615. The number of hydrogen-bond acceptors (Lipinski definition) is 5. The lowest BCUT2D eigenvalue weighted by molar-refractivity contribution is 0.384. The molecule has 0 spiro atoms. The number of aryl methyl sites for hydroxylation is 1. The Balaban J connectivity index is 2.21. The van der Waals surface area contributed by atoms with Crippen LogP contribution in [-0.4, -0.2) is 22.1 Å². The number of benzene rings is 1. The number of hydrogen-bond donors (Lipinski definition) is 2. The molecular formula is C12H16FN5O. The van der Waals surface area contributed by atoms with Gasteiger partial charge in [-0.15, -0.1) is 5.10 Å². The number of nitrogens with two attached hydrogens (primary N) is 1. The minimum atomic E-state index is -0.401. The van der Waals surface area contributed by atoms with Crippen LogP contribution >= 0.6 is 0 Å². The van der Waals surface area contributed by atoms with Crippen LogP contribution < -0.4 is 16.0 Å². The molecule has 0 fully saturated rings. The van der Waals surface area contributed by atoms with Gasteiger partial charge in [0.15, 0.2) is 11.6 Å². The molecule has 19 heavy (non-hydrogen) atoms.